The van der Waals surface area contributed by atoms with Crippen molar-refractivity contribution in [3.8, 4) is 0 Å². The second-order valence-electron chi connectivity index (χ2n) is 2.94. The Labute approximate surface area is 87.3 Å². The lowest BCUT2D eigenvalue weighted by atomic mass is 10.3. The minimum Gasteiger partial charge on any atom is -0.477 e. The van der Waals surface area contributed by atoms with E-state index < -0.39 is 5.97 Å². The molecule has 0 aliphatic rings. The molecule has 1 aromatic heterocycles. The number of aromatic nitrogens is 2. The predicted molar refractivity (Wildman–Crippen MR) is 54.1 cm³/mol. The number of carboxylic acids is 1. The van der Waals surface area contributed by atoms with E-state index in [4.69, 9.17) is 9.84 Å². The number of nitrogens with zero attached hydrogens (tertiary/aromatic N) is 2. The molecule has 0 unspecified atom stereocenters. The number of anilines is 1. The van der Waals surface area contributed by atoms with E-state index in [1.807, 2.05) is 0 Å². The summed E-state index contributed by atoms with van der Waals surface area (Å²) >= 11 is 0. The van der Waals surface area contributed by atoms with Gasteiger partial charge in [-0.3, -0.25) is 0 Å². The third-order valence-corrected chi connectivity index (χ3v) is 1.66. The van der Waals surface area contributed by atoms with Crippen molar-refractivity contribution in [2.45, 2.75) is 6.92 Å². The molecule has 0 fully saturated rings. The number of aromatic carboxylic acids is 1. The number of hydrogen-bond acceptors (Lipinski definition) is 5. The second-order valence-corrected chi connectivity index (χ2v) is 2.94. The van der Waals surface area contributed by atoms with Crippen molar-refractivity contribution in [1.29, 1.82) is 0 Å². The summed E-state index contributed by atoms with van der Waals surface area (Å²) in [7, 11) is 1.58. The number of carbonyl (C=O) groups is 1. The van der Waals surface area contributed by atoms with Gasteiger partial charge in [0.25, 0.3) is 0 Å². The Hall–Kier alpha value is -1.69. The van der Waals surface area contributed by atoms with E-state index in [0.717, 1.165) is 0 Å². The van der Waals surface area contributed by atoms with Crippen LogP contribution in [0.25, 0.3) is 0 Å². The molecule has 1 aromatic rings. The third kappa shape index (κ3) is 3.51. The minimum absolute atomic E-state index is 0.0117. The Bertz CT molecular complexity index is 354. The summed E-state index contributed by atoms with van der Waals surface area (Å²) in [6.07, 6.45) is 0. The molecule has 6 nitrogen and oxygen atoms in total. The Kier molecular flexibility index (Phi) is 3.99. The summed E-state index contributed by atoms with van der Waals surface area (Å²) in [4.78, 5) is 18.6. The molecule has 0 amide bonds. The molecule has 0 radical (unpaired) electrons. The highest BCUT2D eigenvalue weighted by Gasteiger charge is 2.07. The van der Waals surface area contributed by atoms with Gasteiger partial charge in [-0.15, -0.1) is 0 Å². The van der Waals surface area contributed by atoms with E-state index in [9.17, 15) is 4.79 Å². The van der Waals surface area contributed by atoms with Crippen molar-refractivity contribution < 1.29 is 14.6 Å². The number of methoxy groups -OCH3 is 1. The average molecular weight is 211 g/mol. The summed E-state index contributed by atoms with van der Waals surface area (Å²) in [6, 6.07) is 1.42. The Morgan fingerprint density at radius 2 is 2.33 bits per heavy atom. The molecule has 0 spiro atoms. The fourth-order valence-corrected chi connectivity index (χ4v) is 1.02. The average Bonchev–Trinajstić information content (AvgIpc) is 2.17. The lowest BCUT2D eigenvalue weighted by Crippen LogP contribution is -2.13. The number of rotatable bonds is 5. The van der Waals surface area contributed by atoms with Crippen LogP contribution >= 0.6 is 0 Å². The Morgan fingerprint density at radius 3 is 2.93 bits per heavy atom. The van der Waals surface area contributed by atoms with E-state index in [1.54, 1.807) is 14.0 Å². The first-order chi connectivity index (χ1) is 7.13. The van der Waals surface area contributed by atoms with Crippen molar-refractivity contribution in [2.24, 2.45) is 0 Å². The maximum Gasteiger partial charge on any atom is 0.354 e. The van der Waals surface area contributed by atoms with Gasteiger partial charge < -0.3 is 15.2 Å². The van der Waals surface area contributed by atoms with Gasteiger partial charge >= 0.3 is 5.97 Å². The minimum atomic E-state index is -1.06. The van der Waals surface area contributed by atoms with Crippen molar-refractivity contribution in [3.05, 3.63) is 17.5 Å². The smallest absolute Gasteiger partial charge is 0.354 e. The van der Waals surface area contributed by atoms with Crippen LogP contribution < -0.4 is 5.32 Å². The zero-order valence-corrected chi connectivity index (χ0v) is 8.65. The lowest BCUT2D eigenvalue weighted by Gasteiger charge is -2.05. The quantitative estimate of drug-likeness (QED) is 0.691. The number of hydrogen-bond donors (Lipinski definition) is 2. The van der Waals surface area contributed by atoms with Crippen molar-refractivity contribution in [3.63, 3.8) is 0 Å². The van der Waals surface area contributed by atoms with E-state index in [1.165, 1.54) is 6.07 Å². The highest BCUT2D eigenvalue weighted by Crippen LogP contribution is 2.04. The molecule has 82 valence electrons. The van der Waals surface area contributed by atoms with Crippen molar-refractivity contribution in [2.75, 3.05) is 25.6 Å². The number of aryl methyl sites for hydroxylation is 1. The SMILES string of the molecule is COCCNc1nc(C)cc(C(=O)O)n1. The van der Waals surface area contributed by atoms with E-state index in [-0.39, 0.29) is 5.69 Å². The monoisotopic (exact) mass is 211 g/mol. The fraction of sp³-hybridized carbons (Fsp3) is 0.444. The first-order valence-corrected chi connectivity index (χ1v) is 4.45. The molecule has 1 rings (SSSR count). The molecule has 0 aromatic carbocycles. The number of carboxylic acid groups (broad SMARTS) is 1. The van der Waals surface area contributed by atoms with E-state index in [0.29, 0.717) is 24.8 Å². The highest BCUT2D eigenvalue weighted by molar-refractivity contribution is 5.85. The van der Waals surface area contributed by atoms with Crippen LogP contribution in [0.3, 0.4) is 0 Å². The van der Waals surface area contributed by atoms with Crippen LogP contribution in [0.15, 0.2) is 6.07 Å². The van der Waals surface area contributed by atoms with Gasteiger partial charge in [-0.05, 0) is 13.0 Å². The third-order valence-electron chi connectivity index (χ3n) is 1.66. The summed E-state index contributed by atoms with van der Waals surface area (Å²) in [5.41, 5.74) is 0.602. The van der Waals surface area contributed by atoms with Crippen LogP contribution in [0.5, 0.6) is 0 Å². The molecule has 6 heteroatoms. The van der Waals surface area contributed by atoms with Crippen LogP contribution in [0.1, 0.15) is 16.2 Å². The highest BCUT2D eigenvalue weighted by atomic mass is 16.5. The van der Waals surface area contributed by atoms with Crippen LogP contribution in [-0.2, 0) is 4.74 Å². The molecule has 0 atom stereocenters. The van der Waals surface area contributed by atoms with Crippen LogP contribution in [0.4, 0.5) is 5.95 Å². The maximum absolute atomic E-state index is 10.7. The summed E-state index contributed by atoms with van der Waals surface area (Å²) < 4.78 is 4.84. The van der Waals surface area contributed by atoms with Crippen LogP contribution in [0.2, 0.25) is 0 Å². The molecular formula is C9H13N3O3. The van der Waals surface area contributed by atoms with Gasteiger partial charge in [-0.25, -0.2) is 14.8 Å². The number of nitrogens with one attached hydrogen (secondary N) is 1. The predicted octanol–water partition coefficient (Wildman–Crippen LogP) is 0.542. The first-order valence-electron chi connectivity index (χ1n) is 4.45. The topological polar surface area (TPSA) is 84.3 Å². The van der Waals surface area contributed by atoms with Gasteiger partial charge in [0.1, 0.15) is 0 Å². The van der Waals surface area contributed by atoms with E-state index >= 15 is 0 Å². The molecule has 1 heterocycles. The molecule has 0 aliphatic carbocycles. The van der Waals surface area contributed by atoms with Gasteiger partial charge in [0.2, 0.25) is 5.95 Å². The van der Waals surface area contributed by atoms with Crippen LogP contribution in [0, 0.1) is 6.92 Å². The molecule has 0 saturated heterocycles. The zero-order chi connectivity index (χ0) is 11.3. The van der Waals surface area contributed by atoms with Crippen LogP contribution in [-0.4, -0.2) is 41.3 Å². The van der Waals surface area contributed by atoms with Gasteiger partial charge in [0.15, 0.2) is 5.69 Å². The summed E-state index contributed by atoms with van der Waals surface area (Å²) in [5, 5.41) is 11.6. The van der Waals surface area contributed by atoms with Gasteiger partial charge in [-0.2, -0.15) is 0 Å². The maximum atomic E-state index is 10.7. The van der Waals surface area contributed by atoms with E-state index in [2.05, 4.69) is 15.3 Å². The first kappa shape index (κ1) is 11.4. The Balaban J connectivity index is 2.75. The molecule has 2 N–H and O–H groups in total. The lowest BCUT2D eigenvalue weighted by molar-refractivity contribution is 0.0690. The van der Waals surface area contributed by atoms with Gasteiger partial charge in [0.05, 0.1) is 6.61 Å². The zero-order valence-electron chi connectivity index (χ0n) is 8.65. The molecule has 0 aliphatic heterocycles. The summed E-state index contributed by atoms with van der Waals surface area (Å²) in [5.74, 6) is -0.750. The van der Waals surface area contributed by atoms with Gasteiger partial charge in [-0.1, -0.05) is 0 Å². The van der Waals surface area contributed by atoms with Gasteiger partial charge in [0, 0.05) is 19.3 Å². The standard InChI is InChI=1S/C9H13N3O3/c1-6-5-7(8(13)14)12-9(11-6)10-3-4-15-2/h5H,3-4H2,1-2H3,(H,13,14)(H,10,11,12). The number of ether oxygens (including phenoxy) is 1. The molecule has 0 bridgehead atoms. The Morgan fingerprint density at radius 1 is 1.60 bits per heavy atom. The summed E-state index contributed by atoms with van der Waals surface area (Å²) in [6.45, 7) is 2.77. The van der Waals surface area contributed by atoms with Crippen molar-refractivity contribution in [1.82, 2.24) is 9.97 Å². The second kappa shape index (κ2) is 5.26. The molecule has 0 saturated carbocycles. The largest absolute Gasteiger partial charge is 0.477 e. The normalized spacial score (nSPS) is 10.0. The molecular weight excluding hydrogens is 198 g/mol. The fourth-order valence-electron chi connectivity index (χ4n) is 1.02. The van der Waals surface area contributed by atoms with Crippen molar-refractivity contribution >= 4 is 11.9 Å². The molecule has 15 heavy (non-hydrogen) atoms.